The average molecular weight is 428 g/mol. The van der Waals surface area contributed by atoms with Gasteiger partial charge in [0.2, 0.25) is 10.0 Å². The third-order valence-corrected chi connectivity index (χ3v) is 6.69. The van der Waals surface area contributed by atoms with E-state index < -0.39 is 16.1 Å². The van der Waals surface area contributed by atoms with E-state index in [0.29, 0.717) is 19.6 Å². The van der Waals surface area contributed by atoms with Gasteiger partial charge in [-0.15, -0.1) is 0 Å². The molecule has 2 amide bonds. The Hall–Kier alpha value is -2.10. The number of halogens is 1. The van der Waals surface area contributed by atoms with Crippen molar-refractivity contribution in [1.82, 2.24) is 19.2 Å². The van der Waals surface area contributed by atoms with Crippen LogP contribution in [0.4, 0.5) is 10.5 Å². The van der Waals surface area contributed by atoms with Crippen molar-refractivity contribution in [3.63, 3.8) is 0 Å². The molecule has 154 valence electrons. The van der Waals surface area contributed by atoms with Gasteiger partial charge in [0.25, 0.3) is 0 Å². The van der Waals surface area contributed by atoms with Crippen LogP contribution in [0.3, 0.4) is 0 Å². The Kier molecular flexibility index (Phi) is 7.85. The highest BCUT2D eigenvalue weighted by atomic mass is 35.5. The van der Waals surface area contributed by atoms with Gasteiger partial charge in [-0.05, 0) is 31.5 Å². The van der Waals surface area contributed by atoms with Crippen LogP contribution in [0, 0.1) is 6.92 Å². The van der Waals surface area contributed by atoms with Gasteiger partial charge >= 0.3 is 6.03 Å². The first-order valence-corrected chi connectivity index (χ1v) is 10.9. The van der Waals surface area contributed by atoms with Crippen LogP contribution in [0.15, 0.2) is 35.5 Å². The van der Waals surface area contributed by atoms with Gasteiger partial charge in [0, 0.05) is 38.6 Å². The minimum absolute atomic E-state index is 0.0893. The third kappa shape index (κ3) is 5.46. The first-order chi connectivity index (χ1) is 13.3. The summed E-state index contributed by atoms with van der Waals surface area (Å²) in [6, 6.07) is 3.84. The molecule has 0 atom stereocenters. The molecule has 0 fully saturated rings. The number of anilines is 1. The number of imidazole rings is 1. The van der Waals surface area contributed by atoms with Crippen LogP contribution in [0.1, 0.15) is 26.1 Å². The highest BCUT2D eigenvalue weighted by Gasteiger charge is 2.22. The van der Waals surface area contributed by atoms with Crippen molar-refractivity contribution >= 4 is 33.3 Å². The SMILES string of the molecule is CCN(CC)S(=O)(=O)c1ccc(Cl)c(NC(=O)NCCCn2ccnc2C)c1. The lowest BCUT2D eigenvalue weighted by molar-refractivity contribution is 0.252. The maximum Gasteiger partial charge on any atom is 0.319 e. The summed E-state index contributed by atoms with van der Waals surface area (Å²) >= 11 is 6.12. The molecule has 8 nitrogen and oxygen atoms in total. The van der Waals surface area contributed by atoms with Crippen LogP contribution in [-0.2, 0) is 16.6 Å². The van der Waals surface area contributed by atoms with E-state index in [1.165, 1.54) is 22.5 Å². The van der Waals surface area contributed by atoms with Gasteiger partial charge in [0.05, 0.1) is 15.6 Å². The lowest BCUT2D eigenvalue weighted by Crippen LogP contribution is -2.31. The Balaban J connectivity index is 1.97. The second-order valence-electron chi connectivity index (χ2n) is 6.13. The second kappa shape index (κ2) is 9.90. The molecule has 0 aliphatic rings. The Morgan fingerprint density at radius 2 is 2.00 bits per heavy atom. The lowest BCUT2D eigenvalue weighted by Gasteiger charge is -2.19. The number of urea groups is 1. The highest BCUT2D eigenvalue weighted by molar-refractivity contribution is 7.89. The topological polar surface area (TPSA) is 96.3 Å². The summed E-state index contributed by atoms with van der Waals surface area (Å²) in [5.74, 6) is 0.919. The number of nitrogens with zero attached hydrogens (tertiary/aromatic N) is 3. The van der Waals surface area contributed by atoms with E-state index in [0.717, 1.165) is 18.8 Å². The number of aromatic nitrogens is 2. The Labute approximate surface area is 170 Å². The molecule has 2 rings (SSSR count). The minimum atomic E-state index is -3.63. The molecule has 10 heteroatoms. The molecule has 0 spiro atoms. The number of rotatable bonds is 9. The quantitative estimate of drug-likeness (QED) is 0.601. The molecular formula is C18H26ClN5O3S. The summed E-state index contributed by atoms with van der Waals surface area (Å²) in [5, 5.41) is 5.63. The van der Waals surface area contributed by atoms with E-state index in [1.54, 1.807) is 20.0 Å². The van der Waals surface area contributed by atoms with Gasteiger partial charge < -0.3 is 15.2 Å². The number of aryl methyl sites for hydroxylation is 2. The molecule has 0 saturated carbocycles. The molecule has 1 aromatic carbocycles. The number of sulfonamides is 1. The van der Waals surface area contributed by atoms with E-state index in [2.05, 4.69) is 15.6 Å². The van der Waals surface area contributed by atoms with Crippen molar-refractivity contribution in [3.8, 4) is 0 Å². The van der Waals surface area contributed by atoms with Gasteiger partial charge in [-0.3, -0.25) is 0 Å². The van der Waals surface area contributed by atoms with E-state index in [1.807, 2.05) is 17.7 Å². The largest absolute Gasteiger partial charge is 0.338 e. The number of carbonyl (C=O) groups is 1. The molecule has 0 aliphatic carbocycles. The zero-order valence-electron chi connectivity index (χ0n) is 16.3. The van der Waals surface area contributed by atoms with Crippen molar-refractivity contribution in [2.24, 2.45) is 0 Å². The molecule has 2 aromatic rings. The Morgan fingerprint density at radius 3 is 2.61 bits per heavy atom. The number of hydrogen-bond acceptors (Lipinski definition) is 4. The van der Waals surface area contributed by atoms with Crippen molar-refractivity contribution in [2.45, 2.75) is 38.6 Å². The van der Waals surface area contributed by atoms with Crippen LogP contribution in [-0.4, -0.2) is 47.9 Å². The molecule has 1 heterocycles. The minimum Gasteiger partial charge on any atom is -0.338 e. The number of carbonyl (C=O) groups excluding carboxylic acids is 1. The third-order valence-electron chi connectivity index (χ3n) is 4.31. The maximum atomic E-state index is 12.6. The van der Waals surface area contributed by atoms with E-state index in [4.69, 9.17) is 11.6 Å². The van der Waals surface area contributed by atoms with E-state index in [9.17, 15) is 13.2 Å². The predicted octanol–water partition coefficient (Wildman–Crippen LogP) is 3.09. The van der Waals surface area contributed by atoms with Crippen LogP contribution >= 0.6 is 11.6 Å². The molecule has 0 unspecified atom stereocenters. The fourth-order valence-electron chi connectivity index (χ4n) is 2.73. The standard InChI is InChI=1S/C18H26ClN5O3S/c1-4-24(5-2)28(26,27)15-7-8-16(19)17(13-15)22-18(25)21-9-6-11-23-12-10-20-14(23)3/h7-8,10,12-13H,4-6,9,11H2,1-3H3,(H2,21,22,25). The molecule has 2 N–H and O–H groups in total. The van der Waals surface area contributed by atoms with Gasteiger partial charge in [0.15, 0.2) is 0 Å². The number of amides is 2. The molecule has 28 heavy (non-hydrogen) atoms. The van der Waals surface area contributed by atoms with Crippen molar-refractivity contribution in [1.29, 1.82) is 0 Å². The summed E-state index contributed by atoms with van der Waals surface area (Å²) in [6.07, 6.45) is 4.35. The first-order valence-electron chi connectivity index (χ1n) is 9.11. The summed E-state index contributed by atoms with van der Waals surface area (Å²) in [4.78, 5) is 16.4. The molecule has 0 radical (unpaired) electrons. The van der Waals surface area contributed by atoms with Crippen LogP contribution < -0.4 is 10.6 Å². The van der Waals surface area contributed by atoms with E-state index in [-0.39, 0.29) is 15.6 Å². The number of nitrogens with one attached hydrogen (secondary N) is 2. The van der Waals surface area contributed by atoms with Crippen molar-refractivity contribution < 1.29 is 13.2 Å². The smallest absolute Gasteiger partial charge is 0.319 e. The zero-order chi connectivity index (χ0) is 20.7. The molecule has 0 saturated heterocycles. The van der Waals surface area contributed by atoms with Crippen LogP contribution in [0.5, 0.6) is 0 Å². The summed E-state index contributed by atoms with van der Waals surface area (Å²) < 4.78 is 28.6. The fraction of sp³-hybridized carbons (Fsp3) is 0.444. The Morgan fingerprint density at radius 1 is 1.29 bits per heavy atom. The highest BCUT2D eigenvalue weighted by Crippen LogP contribution is 2.26. The zero-order valence-corrected chi connectivity index (χ0v) is 17.8. The molecule has 0 aliphatic heterocycles. The summed E-state index contributed by atoms with van der Waals surface area (Å²) in [7, 11) is -3.63. The van der Waals surface area contributed by atoms with Crippen LogP contribution in [0.25, 0.3) is 0 Å². The lowest BCUT2D eigenvalue weighted by atomic mass is 10.3. The molecule has 0 bridgehead atoms. The summed E-state index contributed by atoms with van der Waals surface area (Å²) in [6.45, 7) is 7.39. The second-order valence-corrected chi connectivity index (χ2v) is 8.48. The number of benzene rings is 1. The van der Waals surface area contributed by atoms with E-state index >= 15 is 0 Å². The predicted molar refractivity (Wildman–Crippen MR) is 110 cm³/mol. The maximum absolute atomic E-state index is 12.6. The van der Waals surface area contributed by atoms with Gasteiger partial charge in [-0.1, -0.05) is 25.4 Å². The summed E-state index contributed by atoms with van der Waals surface area (Å²) in [5.41, 5.74) is 0.248. The molecular weight excluding hydrogens is 402 g/mol. The first kappa shape index (κ1) is 22.2. The number of hydrogen-bond donors (Lipinski definition) is 2. The van der Waals surface area contributed by atoms with Crippen molar-refractivity contribution in [3.05, 3.63) is 41.4 Å². The van der Waals surface area contributed by atoms with Gasteiger partial charge in [0.1, 0.15) is 5.82 Å². The van der Waals surface area contributed by atoms with Crippen molar-refractivity contribution in [2.75, 3.05) is 25.0 Å². The van der Waals surface area contributed by atoms with Gasteiger partial charge in [-0.25, -0.2) is 18.2 Å². The van der Waals surface area contributed by atoms with Gasteiger partial charge in [-0.2, -0.15) is 4.31 Å². The Bertz CT molecular complexity index is 910. The van der Waals surface area contributed by atoms with Crippen LogP contribution in [0.2, 0.25) is 5.02 Å². The molecule has 1 aromatic heterocycles. The monoisotopic (exact) mass is 427 g/mol. The normalized spacial score (nSPS) is 11.6. The fourth-order valence-corrected chi connectivity index (χ4v) is 4.38. The average Bonchev–Trinajstić information content (AvgIpc) is 3.06.